The molecule has 6 nitrogen and oxygen atoms in total. The summed E-state index contributed by atoms with van der Waals surface area (Å²) >= 11 is 1.43. The first-order chi connectivity index (χ1) is 14.1. The third kappa shape index (κ3) is 4.10. The van der Waals surface area contributed by atoms with E-state index in [1.165, 1.54) is 11.8 Å². The van der Waals surface area contributed by atoms with Gasteiger partial charge in [0.15, 0.2) is 11.5 Å². The van der Waals surface area contributed by atoms with Crippen LogP contribution in [-0.4, -0.2) is 30.5 Å². The van der Waals surface area contributed by atoms with Crippen LogP contribution in [-0.2, 0) is 11.2 Å². The Morgan fingerprint density at radius 3 is 2.76 bits per heavy atom. The maximum Gasteiger partial charge on any atom is 0.234 e. The van der Waals surface area contributed by atoms with Gasteiger partial charge in [-0.15, -0.1) is 0 Å². The highest BCUT2D eigenvalue weighted by Gasteiger charge is 2.17. The van der Waals surface area contributed by atoms with Crippen LogP contribution in [0.25, 0.3) is 10.9 Å². The molecule has 0 unspecified atom stereocenters. The molecular formula is C22H22N2O4S. The average molecular weight is 410 g/mol. The van der Waals surface area contributed by atoms with Crippen molar-refractivity contribution in [2.75, 3.05) is 25.0 Å². The molecule has 0 saturated heterocycles. The smallest absolute Gasteiger partial charge is 0.234 e. The topological polar surface area (TPSA) is 69.7 Å². The predicted molar refractivity (Wildman–Crippen MR) is 114 cm³/mol. The second-order valence-electron chi connectivity index (χ2n) is 6.74. The van der Waals surface area contributed by atoms with Crippen molar-refractivity contribution in [1.29, 1.82) is 0 Å². The summed E-state index contributed by atoms with van der Waals surface area (Å²) < 4.78 is 16.2. The summed E-state index contributed by atoms with van der Waals surface area (Å²) in [6.07, 6.45) is 0.826. The molecule has 0 spiro atoms. The molecule has 1 aliphatic heterocycles. The van der Waals surface area contributed by atoms with Crippen molar-refractivity contribution in [3.63, 3.8) is 0 Å². The molecule has 29 heavy (non-hydrogen) atoms. The second-order valence-corrected chi connectivity index (χ2v) is 7.71. The molecule has 2 heterocycles. The number of hydrogen-bond acceptors (Lipinski definition) is 6. The summed E-state index contributed by atoms with van der Waals surface area (Å²) in [4.78, 5) is 17.3. The molecule has 7 heteroatoms. The van der Waals surface area contributed by atoms with E-state index in [9.17, 15) is 4.79 Å². The number of fused-ring (bicyclic) bond motifs is 2. The third-order valence-corrected chi connectivity index (χ3v) is 5.73. The van der Waals surface area contributed by atoms with Crippen LogP contribution in [0.15, 0.2) is 41.4 Å². The van der Waals surface area contributed by atoms with Crippen molar-refractivity contribution >= 4 is 34.3 Å². The zero-order chi connectivity index (χ0) is 20.4. The number of benzene rings is 2. The number of anilines is 1. The zero-order valence-electron chi connectivity index (χ0n) is 16.6. The van der Waals surface area contributed by atoms with Gasteiger partial charge >= 0.3 is 0 Å². The Morgan fingerprint density at radius 1 is 1.21 bits per heavy atom. The Labute approximate surface area is 173 Å². The van der Waals surface area contributed by atoms with Crippen molar-refractivity contribution in [3.05, 3.63) is 47.5 Å². The van der Waals surface area contributed by atoms with Gasteiger partial charge in [0, 0.05) is 11.5 Å². The summed E-state index contributed by atoms with van der Waals surface area (Å²) in [5.41, 5.74) is 3.65. The average Bonchev–Trinajstić information content (AvgIpc) is 3.17. The van der Waals surface area contributed by atoms with Gasteiger partial charge in [0.05, 0.1) is 24.1 Å². The van der Waals surface area contributed by atoms with Crippen LogP contribution in [0.4, 0.5) is 5.69 Å². The number of nitrogens with one attached hydrogen (secondary N) is 1. The number of carbonyl (C=O) groups excluding carboxylic acids is 1. The maximum absolute atomic E-state index is 12.5. The fourth-order valence-electron chi connectivity index (χ4n) is 3.21. The van der Waals surface area contributed by atoms with Gasteiger partial charge in [0.2, 0.25) is 12.7 Å². The third-order valence-electron chi connectivity index (χ3n) is 4.70. The molecule has 0 aliphatic carbocycles. The molecule has 1 N–H and O–H groups in total. The maximum atomic E-state index is 12.5. The van der Waals surface area contributed by atoms with Crippen LogP contribution < -0.4 is 19.5 Å². The summed E-state index contributed by atoms with van der Waals surface area (Å²) in [6, 6.07) is 11.6. The van der Waals surface area contributed by atoms with Crippen LogP contribution in [0.3, 0.4) is 0 Å². The lowest BCUT2D eigenvalue weighted by molar-refractivity contribution is -0.113. The van der Waals surface area contributed by atoms with Gasteiger partial charge in [-0.05, 0) is 48.7 Å². The van der Waals surface area contributed by atoms with Crippen LogP contribution >= 0.6 is 11.8 Å². The molecule has 1 amide bonds. The van der Waals surface area contributed by atoms with E-state index in [1.807, 2.05) is 37.3 Å². The highest BCUT2D eigenvalue weighted by Crippen LogP contribution is 2.37. The number of carbonyl (C=O) groups is 1. The monoisotopic (exact) mass is 410 g/mol. The summed E-state index contributed by atoms with van der Waals surface area (Å²) in [6.45, 7) is 4.29. The second kappa shape index (κ2) is 8.21. The first-order valence-corrected chi connectivity index (χ1v) is 10.4. The highest BCUT2D eigenvalue weighted by molar-refractivity contribution is 8.00. The Morgan fingerprint density at radius 2 is 2.00 bits per heavy atom. The lowest BCUT2D eigenvalue weighted by Gasteiger charge is -2.12. The van der Waals surface area contributed by atoms with E-state index < -0.39 is 0 Å². The molecule has 150 valence electrons. The van der Waals surface area contributed by atoms with Crippen LogP contribution in [0.1, 0.15) is 18.1 Å². The van der Waals surface area contributed by atoms with Gasteiger partial charge in [-0.1, -0.05) is 24.8 Å². The van der Waals surface area contributed by atoms with E-state index in [0.29, 0.717) is 17.2 Å². The Balaban J connectivity index is 1.52. The predicted octanol–water partition coefficient (Wildman–Crippen LogP) is 4.57. The number of nitrogens with zero attached hydrogens (tertiary/aromatic N) is 1. The molecule has 0 saturated carbocycles. The molecule has 4 rings (SSSR count). The van der Waals surface area contributed by atoms with Crippen LogP contribution in [0.2, 0.25) is 0 Å². The van der Waals surface area contributed by atoms with Crippen molar-refractivity contribution in [3.8, 4) is 17.2 Å². The quantitative estimate of drug-likeness (QED) is 0.600. The minimum atomic E-state index is -0.103. The number of ether oxygens (including phenoxy) is 3. The molecule has 0 atom stereocenters. The van der Waals surface area contributed by atoms with E-state index in [0.717, 1.165) is 39.2 Å². The van der Waals surface area contributed by atoms with Crippen molar-refractivity contribution in [1.82, 2.24) is 4.98 Å². The van der Waals surface area contributed by atoms with E-state index in [1.54, 1.807) is 7.11 Å². The number of amides is 1. The largest absolute Gasteiger partial charge is 0.495 e. The lowest BCUT2D eigenvalue weighted by atomic mass is 10.1. The molecule has 1 aromatic heterocycles. The van der Waals surface area contributed by atoms with Crippen LogP contribution in [0.5, 0.6) is 17.2 Å². The summed E-state index contributed by atoms with van der Waals surface area (Å²) in [7, 11) is 1.59. The number of methoxy groups -OCH3 is 1. The SMILES string of the molecule is CCc1cc2cc3c(cc2nc1SCC(=O)Nc1cc(C)ccc1OC)OCO3. The minimum absolute atomic E-state index is 0.103. The zero-order valence-corrected chi connectivity index (χ0v) is 17.4. The van der Waals surface area contributed by atoms with Crippen molar-refractivity contribution in [2.45, 2.75) is 25.3 Å². The number of hydrogen-bond donors (Lipinski definition) is 1. The Hall–Kier alpha value is -2.93. The number of thioether (sulfide) groups is 1. The Kier molecular flexibility index (Phi) is 5.49. The fourth-order valence-corrected chi connectivity index (χ4v) is 4.10. The first-order valence-electron chi connectivity index (χ1n) is 9.38. The molecule has 2 aromatic carbocycles. The Bertz CT molecular complexity index is 1080. The lowest BCUT2D eigenvalue weighted by Crippen LogP contribution is -2.15. The van der Waals surface area contributed by atoms with Crippen molar-refractivity contribution < 1.29 is 19.0 Å². The first kappa shape index (κ1) is 19.4. The van der Waals surface area contributed by atoms with Crippen molar-refractivity contribution in [2.24, 2.45) is 0 Å². The van der Waals surface area contributed by atoms with Gasteiger partial charge in [0.25, 0.3) is 0 Å². The number of pyridine rings is 1. The molecule has 0 fully saturated rings. The highest BCUT2D eigenvalue weighted by atomic mass is 32.2. The van der Waals surface area contributed by atoms with Crippen LogP contribution in [0, 0.1) is 6.92 Å². The van der Waals surface area contributed by atoms with Gasteiger partial charge in [-0.3, -0.25) is 4.79 Å². The molecule has 3 aromatic rings. The van der Waals surface area contributed by atoms with E-state index in [-0.39, 0.29) is 18.5 Å². The number of rotatable bonds is 6. The molecule has 0 bridgehead atoms. The standard InChI is InChI=1S/C22H22N2O4S/c1-4-14-8-15-9-19-20(28-12-27-19)10-16(15)24-22(14)29-11-21(25)23-17-7-13(2)5-6-18(17)26-3/h5-10H,4,11-12H2,1-3H3,(H,23,25). The normalized spacial score (nSPS) is 12.2. The van der Waals surface area contributed by atoms with E-state index >= 15 is 0 Å². The molecule has 1 aliphatic rings. The van der Waals surface area contributed by atoms with Gasteiger partial charge in [-0.2, -0.15) is 0 Å². The number of aromatic nitrogens is 1. The van der Waals surface area contributed by atoms with Gasteiger partial charge in [0.1, 0.15) is 10.8 Å². The van der Waals surface area contributed by atoms with Gasteiger partial charge in [-0.25, -0.2) is 4.98 Å². The minimum Gasteiger partial charge on any atom is -0.495 e. The molecule has 0 radical (unpaired) electrons. The van der Waals surface area contributed by atoms with E-state index in [4.69, 9.17) is 19.2 Å². The number of aryl methyl sites for hydroxylation is 2. The fraction of sp³-hybridized carbons (Fsp3) is 0.273. The molecular weight excluding hydrogens is 388 g/mol. The van der Waals surface area contributed by atoms with E-state index in [2.05, 4.69) is 18.3 Å². The summed E-state index contributed by atoms with van der Waals surface area (Å²) in [5.74, 6) is 2.24. The van der Waals surface area contributed by atoms with Gasteiger partial charge < -0.3 is 19.5 Å². The summed E-state index contributed by atoms with van der Waals surface area (Å²) in [5, 5.41) is 4.79.